The Morgan fingerprint density at radius 1 is 1.21 bits per heavy atom. The van der Waals surface area contributed by atoms with Gasteiger partial charge in [-0.3, -0.25) is 4.79 Å². The Balaban J connectivity index is 1.47. The fraction of sp³-hybridized carbons (Fsp3) is 0.348. The number of halogens is 1. The van der Waals surface area contributed by atoms with Gasteiger partial charge in [0.25, 0.3) is 5.24 Å². The number of nitrogen functional groups attached to an aromatic ring is 1. The first-order valence-corrected chi connectivity index (χ1v) is 11.7. The average Bonchev–Trinajstić information content (AvgIpc) is 2.82. The van der Waals surface area contributed by atoms with Gasteiger partial charge in [0.1, 0.15) is 18.1 Å². The normalized spacial score (nSPS) is 16.1. The van der Waals surface area contributed by atoms with Crippen LogP contribution in [0.4, 0.5) is 26.4 Å². The number of nitrogens with one attached hydrogen (secondary N) is 2. The minimum Gasteiger partial charge on any atom is -0.474 e. The number of anilines is 3. The fourth-order valence-electron chi connectivity index (χ4n) is 4.13. The minimum absolute atomic E-state index is 0.00536. The largest absolute Gasteiger partial charge is 0.474 e. The van der Waals surface area contributed by atoms with E-state index in [-0.39, 0.29) is 16.2 Å². The molecule has 0 saturated carbocycles. The monoisotopic (exact) mass is 469 g/mol. The van der Waals surface area contributed by atoms with Crippen LogP contribution in [0.2, 0.25) is 0 Å². The predicted octanol–water partition coefficient (Wildman–Crippen LogP) is 4.57. The van der Waals surface area contributed by atoms with Crippen LogP contribution in [0.3, 0.4) is 0 Å². The second kappa shape index (κ2) is 9.03. The van der Waals surface area contributed by atoms with E-state index in [0.29, 0.717) is 60.0 Å². The van der Waals surface area contributed by atoms with Crippen molar-refractivity contribution in [2.24, 2.45) is 0 Å². The fourth-order valence-corrected chi connectivity index (χ4v) is 5.03. The van der Waals surface area contributed by atoms with Crippen molar-refractivity contribution < 1.29 is 18.7 Å². The molecule has 2 aliphatic rings. The van der Waals surface area contributed by atoms with Crippen molar-refractivity contribution >= 4 is 45.0 Å². The number of rotatable bonds is 3. The van der Waals surface area contributed by atoms with Crippen molar-refractivity contribution in [1.29, 1.82) is 0 Å². The van der Waals surface area contributed by atoms with Crippen molar-refractivity contribution in [2.45, 2.75) is 25.0 Å². The Hall–Kier alpha value is -3.11. The number of nitrogens with zero attached hydrogens (tertiary/aromatic N) is 2. The molecular formula is C23H24FN5O3S. The van der Waals surface area contributed by atoms with Crippen LogP contribution in [0.1, 0.15) is 18.4 Å². The number of fused-ring (bicyclic) bond motifs is 2. The molecule has 1 fully saturated rings. The summed E-state index contributed by atoms with van der Waals surface area (Å²) in [6.45, 7) is 4.42. The zero-order chi connectivity index (χ0) is 22.9. The number of benzene rings is 1. The molecule has 0 bridgehead atoms. The molecule has 0 unspecified atom stereocenters. The molecular weight excluding hydrogens is 445 g/mol. The zero-order valence-electron chi connectivity index (χ0n) is 18.1. The molecule has 2 aliphatic heterocycles. The highest BCUT2D eigenvalue weighted by Gasteiger charge is 2.22. The predicted molar refractivity (Wildman–Crippen MR) is 129 cm³/mol. The maximum absolute atomic E-state index is 15.3. The summed E-state index contributed by atoms with van der Waals surface area (Å²) in [5.74, 6) is 0.366. The summed E-state index contributed by atoms with van der Waals surface area (Å²) >= 11 is 1.26. The van der Waals surface area contributed by atoms with Crippen molar-refractivity contribution in [2.75, 3.05) is 42.7 Å². The number of thioether (sulfide) groups is 1. The first-order valence-electron chi connectivity index (χ1n) is 10.8. The summed E-state index contributed by atoms with van der Waals surface area (Å²) in [5.41, 5.74) is 8.68. The molecule has 1 amide bonds. The lowest BCUT2D eigenvalue weighted by Crippen LogP contribution is -2.20. The van der Waals surface area contributed by atoms with Gasteiger partial charge in [0, 0.05) is 53.9 Å². The Labute approximate surface area is 194 Å². The standard InChI is InChI=1S/C23H24FN5O3S/c1-12-16(10-28-22-21(12)26-4-7-32-22)15-8-13-9-18(27-11-17(13)20(25)19(15)24)29-23(30)33-14-2-5-31-6-3-14/h8-11,14,26H,2-7,25H2,1H3,(H,27,29,30). The van der Waals surface area contributed by atoms with Crippen LogP contribution in [-0.2, 0) is 4.74 Å². The number of ether oxygens (including phenoxy) is 2. The van der Waals surface area contributed by atoms with Crippen LogP contribution in [0.25, 0.3) is 21.9 Å². The van der Waals surface area contributed by atoms with E-state index >= 15 is 4.39 Å². The van der Waals surface area contributed by atoms with E-state index < -0.39 is 5.82 Å². The van der Waals surface area contributed by atoms with Gasteiger partial charge >= 0.3 is 0 Å². The topological polar surface area (TPSA) is 111 Å². The average molecular weight is 470 g/mol. The van der Waals surface area contributed by atoms with Gasteiger partial charge in [-0.05, 0) is 42.8 Å². The van der Waals surface area contributed by atoms with Crippen molar-refractivity contribution in [1.82, 2.24) is 9.97 Å². The third kappa shape index (κ3) is 4.28. The molecule has 172 valence electrons. The molecule has 0 radical (unpaired) electrons. The van der Waals surface area contributed by atoms with E-state index in [2.05, 4.69) is 20.6 Å². The van der Waals surface area contributed by atoms with Crippen LogP contribution in [0.5, 0.6) is 5.88 Å². The van der Waals surface area contributed by atoms with Crippen molar-refractivity contribution in [3.63, 3.8) is 0 Å². The van der Waals surface area contributed by atoms with Crippen molar-refractivity contribution in [3.8, 4) is 17.0 Å². The van der Waals surface area contributed by atoms with Crippen LogP contribution in [0.15, 0.2) is 24.5 Å². The summed E-state index contributed by atoms with van der Waals surface area (Å²) in [4.78, 5) is 21.1. The van der Waals surface area contributed by atoms with Gasteiger partial charge in [-0.1, -0.05) is 11.8 Å². The maximum Gasteiger partial charge on any atom is 0.284 e. The van der Waals surface area contributed by atoms with Gasteiger partial charge in [-0.2, -0.15) is 0 Å². The van der Waals surface area contributed by atoms with E-state index in [1.165, 1.54) is 18.0 Å². The molecule has 0 aliphatic carbocycles. The molecule has 4 heterocycles. The SMILES string of the molecule is Cc1c(-c2cc3cc(NC(=O)SC4CCOCC4)ncc3c(N)c2F)cnc2c1NCCO2. The molecule has 3 aromatic rings. The van der Waals surface area contributed by atoms with Crippen molar-refractivity contribution in [3.05, 3.63) is 35.9 Å². The lowest BCUT2D eigenvalue weighted by atomic mass is 9.97. The van der Waals surface area contributed by atoms with Gasteiger partial charge in [-0.15, -0.1) is 0 Å². The second-order valence-corrected chi connectivity index (χ2v) is 9.31. The summed E-state index contributed by atoms with van der Waals surface area (Å²) in [6, 6.07) is 3.42. The molecule has 10 heteroatoms. The molecule has 5 rings (SSSR count). The minimum atomic E-state index is -0.530. The third-order valence-electron chi connectivity index (χ3n) is 5.91. The third-order valence-corrected chi connectivity index (χ3v) is 7.03. The molecule has 33 heavy (non-hydrogen) atoms. The smallest absolute Gasteiger partial charge is 0.284 e. The molecule has 1 aromatic carbocycles. The first-order chi connectivity index (χ1) is 16.0. The number of aromatic nitrogens is 2. The Morgan fingerprint density at radius 2 is 2.03 bits per heavy atom. The summed E-state index contributed by atoms with van der Waals surface area (Å²) in [6.07, 6.45) is 4.77. The molecule has 1 saturated heterocycles. The molecule has 0 atom stereocenters. The second-order valence-electron chi connectivity index (χ2n) is 8.04. The lowest BCUT2D eigenvalue weighted by molar-refractivity contribution is 0.100. The van der Waals surface area contributed by atoms with E-state index in [4.69, 9.17) is 15.2 Å². The number of carbonyl (C=O) groups excluding carboxylic acids is 1. The van der Waals surface area contributed by atoms with Gasteiger partial charge < -0.3 is 25.8 Å². The van der Waals surface area contributed by atoms with E-state index in [1.807, 2.05) is 6.92 Å². The van der Waals surface area contributed by atoms with Gasteiger partial charge in [0.15, 0.2) is 5.82 Å². The molecule has 4 N–H and O–H groups in total. The number of hydrogen-bond acceptors (Lipinski definition) is 8. The summed E-state index contributed by atoms with van der Waals surface area (Å²) < 4.78 is 26.2. The quantitative estimate of drug-likeness (QED) is 0.478. The number of nitrogens with two attached hydrogens (primary N) is 1. The van der Waals surface area contributed by atoms with E-state index in [0.717, 1.165) is 24.1 Å². The summed E-state index contributed by atoms with van der Waals surface area (Å²) in [5, 5.41) is 7.30. The van der Waals surface area contributed by atoms with Crippen LogP contribution in [0, 0.1) is 12.7 Å². The van der Waals surface area contributed by atoms with E-state index in [9.17, 15) is 4.79 Å². The highest BCUT2D eigenvalue weighted by atomic mass is 32.2. The van der Waals surface area contributed by atoms with Gasteiger partial charge in [-0.25, -0.2) is 14.4 Å². The van der Waals surface area contributed by atoms with Crippen LogP contribution < -0.4 is 21.1 Å². The zero-order valence-corrected chi connectivity index (χ0v) is 18.9. The molecule has 0 spiro atoms. The highest BCUT2D eigenvalue weighted by molar-refractivity contribution is 8.14. The number of carbonyl (C=O) groups is 1. The molecule has 2 aromatic heterocycles. The number of hydrogen-bond donors (Lipinski definition) is 3. The number of amides is 1. The Kier molecular flexibility index (Phi) is 5.94. The van der Waals surface area contributed by atoms with Crippen LogP contribution >= 0.6 is 11.8 Å². The first kappa shape index (κ1) is 21.7. The van der Waals surface area contributed by atoms with Crippen LogP contribution in [-0.4, -0.2) is 46.8 Å². The Bertz CT molecular complexity index is 1230. The lowest BCUT2D eigenvalue weighted by Gasteiger charge is -2.22. The Morgan fingerprint density at radius 3 is 2.85 bits per heavy atom. The van der Waals surface area contributed by atoms with Gasteiger partial charge in [0.05, 0.1) is 5.69 Å². The maximum atomic E-state index is 15.3. The number of pyridine rings is 2. The van der Waals surface area contributed by atoms with Gasteiger partial charge in [0.2, 0.25) is 5.88 Å². The summed E-state index contributed by atoms with van der Waals surface area (Å²) in [7, 11) is 0. The highest BCUT2D eigenvalue weighted by Crippen LogP contribution is 2.39. The van der Waals surface area contributed by atoms with E-state index in [1.54, 1.807) is 18.3 Å². The molecule has 8 nitrogen and oxygen atoms in total.